The first-order valence-electron chi connectivity index (χ1n) is 9.28. The number of aliphatic hydroxyl groups excluding tert-OH is 2. The van der Waals surface area contributed by atoms with Crippen LogP contribution < -0.4 is 10.9 Å². The second kappa shape index (κ2) is 8.63. The average molecular weight is 432 g/mol. The third-order valence-electron chi connectivity index (χ3n) is 4.85. The molecule has 1 fully saturated rings. The van der Waals surface area contributed by atoms with Gasteiger partial charge in [0.1, 0.15) is 12.0 Å². The molecule has 3 N–H and O–H groups in total. The maximum absolute atomic E-state index is 13.8. The highest BCUT2D eigenvalue weighted by molar-refractivity contribution is 6.30. The fourth-order valence-corrected chi connectivity index (χ4v) is 3.37. The lowest BCUT2D eigenvalue weighted by atomic mass is 10.1. The van der Waals surface area contributed by atoms with Gasteiger partial charge in [0.05, 0.1) is 42.3 Å². The first kappa shape index (κ1) is 20.6. The minimum atomic E-state index is -1.40. The molecule has 0 radical (unpaired) electrons. The van der Waals surface area contributed by atoms with E-state index >= 15 is 0 Å². The van der Waals surface area contributed by atoms with Gasteiger partial charge in [0.15, 0.2) is 0 Å². The molecule has 156 valence electrons. The van der Waals surface area contributed by atoms with Crippen molar-refractivity contribution < 1.29 is 19.3 Å². The molecule has 0 aliphatic carbocycles. The fraction of sp³-hybridized carbons (Fsp3) is 0.238. The molecule has 7 nitrogen and oxygen atoms in total. The quantitative estimate of drug-likeness (QED) is 0.535. The summed E-state index contributed by atoms with van der Waals surface area (Å²) in [6.45, 7) is 0.343. The number of hydrogen-bond acceptors (Lipinski definition) is 6. The van der Waals surface area contributed by atoms with E-state index in [4.69, 9.17) is 16.3 Å². The molecule has 1 unspecified atom stereocenters. The van der Waals surface area contributed by atoms with Crippen molar-refractivity contribution in [1.29, 1.82) is 0 Å². The lowest BCUT2D eigenvalue weighted by Gasteiger charge is -2.20. The van der Waals surface area contributed by atoms with Crippen molar-refractivity contribution in [3.05, 3.63) is 81.4 Å². The summed E-state index contributed by atoms with van der Waals surface area (Å²) in [5.41, 5.74) is 0.635. The predicted molar refractivity (Wildman–Crippen MR) is 109 cm³/mol. The second-order valence-corrected chi connectivity index (χ2v) is 7.41. The molecule has 0 bridgehead atoms. The van der Waals surface area contributed by atoms with Crippen molar-refractivity contribution in [2.24, 2.45) is 0 Å². The van der Waals surface area contributed by atoms with Crippen LogP contribution in [0, 0.1) is 5.82 Å². The smallest absolute Gasteiger partial charge is 0.278 e. The third kappa shape index (κ3) is 4.28. The van der Waals surface area contributed by atoms with E-state index in [1.807, 2.05) is 0 Å². The van der Waals surface area contributed by atoms with Gasteiger partial charge in [0, 0.05) is 10.6 Å². The van der Waals surface area contributed by atoms with Crippen molar-refractivity contribution in [3.8, 4) is 16.9 Å². The highest BCUT2D eigenvalue weighted by Crippen LogP contribution is 2.22. The molecular formula is C21H19ClFN3O4. The van der Waals surface area contributed by atoms with E-state index in [1.54, 1.807) is 30.3 Å². The monoisotopic (exact) mass is 431 g/mol. The molecule has 9 heteroatoms. The van der Waals surface area contributed by atoms with E-state index in [0.29, 0.717) is 16.3 Å². The van der Waals surface area contributed by atoms with Crippen molar-refractivity contribution in [3.63, 3.8) is 0 Å². The van der Waals surface area contributed by atoms with Crippen LogP contribution >= 0.6 is 11.6 Å². The zero-order chi connectivity index (χ0) is 21.3. The van der Waals surface area contributed by atoms with Gasteiger partial charge in [0.2, 0.25) is 0 Å². The predicted octanol–water partition coefficient (Wildman–Crippen LogP) is 2.03. The molecule has 0 spiro atoms. The summed E-state index contributed by atoms with van der Waals surface area (Å²) >= 11 is 5.96. The summed E-state index contributed by atoms with van der Waals surface area (Å²) < 4.78 is 20.0. The van der Waals surface area contributed by atoms with Gasteiger partial charge in [-0.2, -0.15) is 9.78 Å². The number of halogens is 2. The van der Waals surface area contributed by atoms with E-state index < -0.39 is 29.8 Å². The minimum Gasteiger partial charge on any atom is -0.389 e. The van der Waals surface area contributed by atoms with Gasteiger partial charge in [-0.25, -0.2) is 4.39 Å². The average Bonchev–Trinajstić information content (AvgIpc) is 3.13. The largest absolute Gasteiger partial charge is 0.389 e. The number of aliphatic hydroxyl groups is 2. The Labute approximate surface area is 176 Å². The zero-order valence-corrected chi connectivity index (χ0v) is 16.5. The Bertz CT molecular complexity index is 1110. The Kier molecular flexibility index (Phi) is 5.94. The van der Waals surface area contributed by atoms with E-state index in [-0.39, 0.29) is 24.5 Å². The van der Waals surface area contributed by atoms with Crippen LogP contribution in [-0.2, 0) is 4.74 Å². The maximum Gasteiger partial charge on any atom is 0.278 e. The minimum absolute atomic E-state index is 0.00156. The Hall–Kier alpha value is -2.62. The molecule has 0 amide bonds. The Morgan fingerprint density at radius 3 is 2.63 bits per heavy atom. The van der Waals surface area contributed by atoms with Crippen molar-refractivity contribution >= 4 is 11.6 Å². The molecule has 2 heterocycles. The summed E-state index contributed by atoms with van der Waals surface area (Å²) in [6, 6.07) is 13.2. The summed E-state index contributed by atoms with van der Waals surface area (Å²) in [7, 11) is 0. The Morgan fingerprint density at radius 1 is 1.20 bits per heavy atom. The van der Waals surface area contributed by atoms with E-state index in [9.17, 15) is 19.4 Å². The van der Waals surface area contributed by atoms with Crippen LogP contribution in [0.2, 0.25) is 5.02 Å². The molecule has 4 rings (SSSR count). The zero-order valence-electron chi connectivity index (χ0n) is 15.7. The lowest BCUT2D eigenvalue weighted by Crippen LogP contribution is -2.43. The third-order valence-corrected chi connectivity index (χ3v) is 5.10. The summed E-state index contributed by atoms with van der Waals surface area (Å²) in [4.78, 5) is 13.1. The van der Waals surface area contributed by atoms with Gasteiger partial charge in [-0.05, 0) is 36.4 Å². The number of nitrogens with one attached hydrogen (secondary N) is 1. The molecule has 30 heavy (non-hydrogen) atoms. The first-order chi connectivity index (χ1) is 14.4. The molecule has 2 aromatic carbocycles. The Morgan fingerprint density at radius 2 is 1.97 bits per heavy atom. The number of ether oxygens (including phenoxy) is 1. The van der Waals surface area contributed by atoms with E-state index in [2.05, 4.69) is 10.4 Å². The summed E-state index contributed by atoms with van der Waals surface area (Å²) in [6.07, 6.45) is -2.20. The van der Waals surface area contributed by atoms with Crippen LogP contribution in [0.1, 0.15) is 11.8 Å². The number of hydrogen-bond donors (Lipinski definition) is 3. The SMILES string of the molecule is O=c1c(C(O)N[C@H]2COC[C@H]2O)cc(-c2ccc(Cl)cc2)nn1-c1cccc(F)c1. The molecule has 3 aromatic rings. The van der Waals surface area contributed by atoms with Gasteiger partial charge in [-0.3, -0.25) is 10.1 Å². The lowest BCUT2D eigenvalue weighted by molar-refractivity contribution is 0.0842. The first-order valence-corrected chi connectivity index (χ1v) is 9.66. The number of nitrogens with zero attached hydrogens (tertiary/aromatic N) is 2. The maximum atomic E-state index is 13.8. The van der Waals surface area contributed by atoms with Gasteiger partial charge in [-0.15, -0.1) is 0 Å². The van der Waals surface area contributed by atoms with Gasteiger partial charge in [-0.1, -0.05) is 29.8 Å². The van der Waals surface area contributed by atoms with Crippen LogP contribution in [0.25, 0.3) is 16.9 Å². The molecule has 0 saturated carbocycles. The van der Waals surface area contributed by atoms with Crippen LogP contribution in [0.3, 0.4) is 0 Å². The van der Waals surface area contributed by atoms with Crippen LogP contribution in [0.4, 0.5) is 4.39 Å². The van der Waals surface area contributed by atoms with Crippen molar-refractivity contribution in [2.75, 3.05) is 13.2 Å². The molecule has 1 aromatic heterocycles. The molecule has 1 aliphatic heterocycles. The normalized spacial score (nSPS) is 19.7. The summed E-state index contributed by atoms with van der Waals surface area (Å²) in [5.74, 6) is -0.524. The van der Waals surface area contributed by atoms with Gasteiger partial charge in [0.25, 0.3) is 5.56 Å². The van der Waals surface area contributed by atoms with Gasteiger partial charge >= 0.3 is 0 Å². The number of benzene rings is 2. The topological polar surface area (TPSA) is 96.6 Å². The van der Waals surface area contributed by atoms with Crippen molar-refractivity contribution in [1.82, 2.24) is 15.1 Å². The summed E-state index contributed by atoms with van der Waals surface area (Å²) in [5, 5.41) is 28.3. The molecule has 1 aliphatic rings. The van der Waals surface area contributed by atoms with Crippen LogP contribution in [0.15, 0.2) is 59.4 Å². The second-order valence-electron chi connectivity index (χ2n) is 6.97. The molecular weight excluding hydrogens is 413 g/mol. The standard InChI is InChI=1S/C21H19ClFN3O4/c22-13-6-4-12(5-7-13)17-9-16(20(28)24-18-10-30-11-19(18)27)21(29)26(25-17)15-3-1-2-14(23)8-15/h1-9,18-20,24,27-28H,10-11H2/t18-,19+,20?/m0/s1. The fourth-order valence-electron chi connectivity index (χ4n) is 3.25. The van der Waals surface area contributed by atoms with Crippen LogP contribution in [-0.4, -0.2) is 45.4 Å². The number of rotatable bonds is 5. The van der Waals surface area contributed by atoms with E-state index in [0.717, 1.165) is 4.68 Å². The highest BCUT2D eigenvalue weighted by Gasteiger charge is 2.29. The number of aromatic nitrogens is 2. The molecule has 1 saturated heterocycles. The van der Waals surface area contributed by atoms with Crippen molar-refractivity contribution in [2.45, 2.75) is 18.4 Å². The van der Waals surface area contributed by atoms with E-state index in [1.165, 1.54) is 24.3 Å². The highest BCUT2D eigenvalue weighted by atomic mass is 35.5. The van der Waals surface area contributed by atoms with Gasteiger partial charge < -0.3 is 14.9 Å². The molecule has 3 atom stereocenters. The van der Waals surface area contributed by atoms with Crippen LogP contribution in [0.5, 0.6) is 0 Å². The Balaban J connectivity index is 1.81.